The second-order valence-electron chi connectivity index (χ2n) is 7.74. The molecule has 6 nitrogen and oxygen atoms in total. The van der Waals surface area contributed by atoms with Crippen molar-refractivity contribution in [2.75, 3.05) is 22.4 Å². The largest absolute Gasteiger partial charge is 0.455 e. The van der Waals surface area contributed by atoms with Crippen LogP contribution in [0.1, 0.15) is 24.0 Å². The van der Waals surface area contributed by atoms with Crippen LogP contribution in [0.5, 0.6) is 11.5 Å². The Balaban J connectivity index is 1.63. The molecule has 3 rings (SSSR count). The summed E-state index contributed by atoms with van der Waals surface area (Å²) in [7, 11) is -3.47. The van der Waals surface area contributed by atoms with Crippen molar-refractivity contribution >= 4 is 27.3 Å². The summed E-state index contributed by atoms with van der Waals surface area (Å²) in [5.74, 6) is 1.01. The maximum atomic E-state index is 12.6. The van der Waals surface area contributed by atoms with E-state index in [1.807, 2.05) is 74.5 Å². The Morgan fingerprint density at radius 3 is 2.22 bits per heavy atom. The van der Waals surface area contributed by atoms with Crippen LogP contribution in [0, 0.1) is 13.8 Å². The van der Waals surface area contributed by atoms with Crippen LogP contribution >= 0.6 is 0 Å². The van der Waals surface area contributed by atoms with Gasteiger partial charge in [-0.15, -0.1) is 0 Å². The van der Waals surface area contributed by atoms with Crippen molar-refractivity contribution < 1.29 is 17.9 Å². The summed E-state index contributed by atoms with van der Waals surface area (Å²) in [6, 6.07) is 22.2. The number of amides is 1. The quantitative estimate of drug-likeness (QED) is 0.479. The Labute approximate surface area is 189 Å². The van der Waals surface area contributed by atoms with Crippen molar-refractivity contribution in [2.24, 2.45) is 0 Å². The van der Waals surface area contributed by atoms with Crippen molar-refractivity contribution in [2.45, 2.75) is 26.7 Å². The molecule has 0 fully saturated rings. The van der Waals surface area contributed by atoms with Crippen LogP contribution < -0.4 is 14.4 Å². The summed E-state index contributed by atoms with van der Waals surface area (Å²) in [5.41, 5.74) is 3.16. The molecule has 0 atom stereocenters. The minimum Gasteiger partial charge on any atom is -0.455 e. The Hall–Kier alpha value is -3.32. The van der Waals surface area contributed by atoms with E-state index in [4.69, 9.17) is 4.74 Å². The number of hydrogen-bond donors (Lipinski definition) is 1. The first-order valence-electron chi connectivity index (χ1n) is 10.4. The lowest BCUT2D eigenvalue weighted by Crippen LogP contribution is -2.31. The highest BCUT2D eigenvalue weighted by Gasteiger charge is 2.18. The van der Waals surface area contributed by atoms with E-state index in [0.29, 0.717) is 29.3 Å². The molecular formula is C25H28N2O4S. The molecule has 0 aliphatic heterocycles. The second-order valence-corrected chi connectivity index (χ2v) is 9.65. The topological polar surface area (TPSA) is 75.7 Å². The molecule has 1 N–H and O–H groups in total. The van der Waals surface area contributed by atoms with Crippen LogP contribution in [-0.4, -0.2) is 27.1 Å². The number of rotatable bonds is 9. The summed E-state index contributed by atoms with van der Waals surface area (Å²) >= 11 is 0. The molecular weight excluding hydrogens is 424 g/mol. The monoisotopic (exact) mass is 452 g/mol. The second kappa shape index (κ2) is 10.3. The van der Waals surface area contributed by atoms with Gasteiger partial charge in [0.2, 0.25) is 15.9 Å². The number of aryl methyl sites for hydroxylation is 2. The number of benzene rings is 3. The third kappa shape index (κ3) is 6.59. The number of hydrogen-bond acceptors (Lipinski definition) is 4. The molecule has 0 unspecified atom stereocenters. The Kier molecular flexibility index (Phi) is 7.53. The van der Waals surface area contributed by atoms with Gasteiger partial charge in [-0.3, -0.25) is 9.10 Å². The minimum absolute atomic E-state index is 0.177. The minimum atomic E-state index is -3.47. The van der Waals surface area contributed by atoms with E-state index >= 15 is 0 Å². The maximum Gasteiger partial charge on any atom is 0.232 e. The standard InChI is InChI=1S/C25H28N2O4S/c1-19-16-20(2)18-21(17-19)27(32(3,29)30)15-9-14-25(28)26-23-12-7-8-13-24(23)31-22-10-5-4-6-11-22/h4-8,10-13,16-18H,9,14-15H2,1-3H3,(H,26,28). The zero-order valence-electron chi connectivity index (χ0n) is 18.5. The fourth-order valence-corrected chi connectivity index (χ4v) is 4.40. The highest BCUT2D eigenvalue weighted by molar-refractivity contribution is 7.92. The van der Waals surface area contributed by atoms with E-state index < -0.39 is 10.0 Å². The van der Waals surface area contributed by atoms with Gasteiger partial charge in [-0.05, 0) is 67.8 Å². The van der Waals surface area contributed by atoms with Gasteiger partial charge in [0.05, 0.1) is 17.6 Å². The van der Waals surface area contributed by atoms with Crippen LogP contribution in [0.4, 0.5) is 11.4 Å². The van der Waals surface area contributed by atoms with Crippen LogP contribution in [0.25, 0.3) is 0 Å². The number of carbonyl (C=O) groups is 1. The summed E-state index contributed by atoms with van der Waals surface area (Å²) in [4.78, 5) is 12.6. The van der Waals surface area contributed by atoms with E-state index in [2.05, 4.69) is 5.32 Å². The van der Waals surface area contributed by atoms with Crippen molar-refractivity contribution in [3.8, 4) is 11.5 Å². The number of nitrogens with zero attached hydrogens (tertiary/aromatic N) is 1. The maximum absolute atomic E-state index is 12.6. The number of anilines is 2. The highest BCUT2D eigenvalue weighted by Crippen LogP contribution is 2.29. The molecule has 1 amide bonds. The third-order valence-corrected chi connectivity index (χ3v) is 5.99. The number of sulfonamides is 1. The summed E-state index contributed by atoms with van der Waals surface area (Å²) in [6.07, 6.45) is 1.74. The van der Waals surface area contributed by atoms with Crippen molar-refractivity contribution in [3.63, 3.8) is 0 Å². The normalized spacial score (nSPS) is 11.1. The van der Waals surface area contributed by atoms with E-state index in [0.717, 1.165) is 11.1 Å². The summed E-state index contributed by atoms with van der Waals surface area (Å²) < 4.78 is 31.9. The fourth-order valence-electron chi connectivity index (χ4n) is 3.45. The van der Waals surface area contributed by atoms with Gasteiger partial charge < -0.3 is 10.1 Å². The zero-order chi connectivity index (χ0) is 23.1. The summed E-state index contributed by atoms with van der Waals surface area (Å²) in [6.45, 7) is 4.08. The third-order valence-electron chi connectivity index (χ3n) is 4.79. The van der Waals surface area contributed by atoms with Crippen molar-refractivity contribution in [1.82, 2.24) is 0 Å². The molecule has 0 radical (unpaired) electrons. The predicted molar refractivity (Wildman–Crippen MR) is 129 cm³/mol. The van der Waals surface area contributed by atoms with E-state index in [-0.39, 0.29) is 18.9 Å². The first kappa shape index (κ1) is 23.3. The van der Waals surface area contributed by atoms with Gasteiger partial charge in [0.25, 0.3) is 0 Å². The lowest BCUT2D eigenvalue weighted by atomic mass is 10.1. The van der Waals surface area contributed by atoms with Crippen LogP contribution in [0.3, 0.4) is 0 Å². The first-order chi connectivity index (χ1) is 15.2. The molecule has 0 bridgehead atoms. The average molecular weight is 453 g/mol. The number of ether oxygens (including phenoxy) is 1. The Morgan fingerprint density at radius 1 is 0.938 bits per heavy atom. The first-order valence-corrected chi connectivity index (χ1v) is 12.2. The SMILES string of the molecule is Cc1cc(C)cc(N(CCCC(=O)Nc2ccccc2Oc2ccccc2)S(C)(=O)=O)c1. The van der Waals surface area contributed by atoms with Gasteiger partial charge in [0, 0.05) is 13.0 Å². The van der Waals surface area contributed by atoms with E-state index in [9.17, 15) is 13.2 Å². The lowest BCUT2D eigenvalue weighted by molar-refractivity contribution is -0.116. The molecule has 0 heterocycles. The van der Waals surface area contributed by atoms with Crippen LogP contribution in [0.2, 0.25) is 0 Å². The highest BCUT2D eigenvalue weighted by atomic mass is 32.2. The lowest BCUT2D eigenvalue weighted by Gasteiger charge is -2.23. The molecule has 0 aliphatic rings. The van der Waals surface area contributed by atoms with E-state index in [1.165, 1.54) is 10.6 Å². The molecule has 7 heteroatoms. The molecule has 0 saturated heterocycles. The van der Waals surface area contributed by atoms with Gasteiger partial charge in [-0.25, -0.2) is 8.42 Å². The number of carbonyl (C=O) groups excluding carboxylic acids is 1. The molecule has 168 valence electrons. The molecule has 0 aromatic heterocycles. The smallest absolute Gasteiger partial charge is 0.232 e. The van der Waals surface area contributed by atoms with Gasteiger partial charge in [-0.1, -0.05) is 36.4 Å². The molecule has 0 spiro atoms. The van der Waals surface area contributed by atoms with Gasteiger partial charge in [0.1, 0.15) is 5.75 Å². The number of nitrogens with one attached hydrogen (secondary N) is 1. The van der Waals surface area contributed by atoms with Crippen molar-refractivity contribution in [1.29, 1.82) is 0 Å². The van der Waals surface area contributed by atoms with Crippen molar-refractivity contribution in [3.05, 3.63) is 83.9 Å². The van der Waals surface area contributed by atoms with Crippen LogP contribution in [-0.2, 0) is 14.8 Å². The Bertz CT molecular complexity index is 1160. The average Bonchev–Trinajstić information content (AvgIpc) is 2.72. The van der Waals surface area contributed by atoms with Gasteiger partial charge >= 0.3 is 0 Å². The van der Waals surface area contributed by atoms with E-state index in [1.54, 1.807) is 12.1 Å². The van der Waals surface area contributed by atoms with Gasteiger partial charge in [-0.2, -0.15) is 0 Å². The molecule has 3 aromatic rings. The Morgan fingerprint density at radius 2 is 1.56 bits per heavy atom. The predicted octanol–water partition coefficient (Wildman–Crippen LogP) is 5.28. The molecule has 3 aromatic carbocycles. The zero-order valence-corrected chi connectivity index (χ0v) is 19.4. The molecule has 0 aliphatic carbocycles. The van der Waals surface area contributed by atoms with Crippen LogP contribution in [0.15, 0.2) is 72.8 Å². The molecule has 32 heavy (non-hydrogen) atoms. The molecule has 0 saturated carbocycles. The summed E-state index contributed by atoms with van der Waals surface area (Å²) in [5, 5.41) is 2.87. The fraction of sp³-hybridized carbons (Fsp3) is 0.240. The van der Waals surface area contributed by atoms with Gasteiger partial charge in [0.15, 0.2) is 5.75 Å². The number of para-hydroxylation sites is 3.